The highest BCUT2D eigenvalue weighted by Crippen LogP contribution is 2.32. The number of ether oxygens (including phenoxy) is 2. The average molecular weight is 443 g/mol. The lowest BCUT2D eigenvalue weighted by Gasteiger charge is -2.07. The molecule has 2 N–H and O–H groups in total. The van der Waals surface area contributed by atoms with E-state index in [1.165, 1.54) is 4.80 Å². The Morgan fingerprint density at radius 1 is 0.970 bits per heavy atom. The third-order valence-electron chi connectivity index (χ3n) is 5.26. The first-order valence-corrected chi connectivity index (χ1v) is 10.4. The molecule has 3 aromatic carbocycles. The number of fused-ring (bicyclic) bond motifs is 1. The van der Waals surface area contributed by atoms with E-state index in [1.54, 1.807) is 18.2 Å². The van der Waals surface area contributed by atoms with E-state index in [9.17, 15) is 4.79 Å². The third-order valence-corrected chi connectivity index (χ3v) is 5.26. The van der Waals surface area contributed by atoms with Gasteiger partial charge in [0.25, 0.3) is 5.91 Å². The average Bonchev–Trinajstić information content (AvgIpc) is 3.52. The van der Waals surface area contributed by atoms with Crippen LogP contribution >= 0.6 is 0 Å². The lowest BCUT2D eigenvalue weighted by molar-refractivity contribution is 0.0951. The fraction of sp³-hybridized carbons (Fsp3) is 0.167. The predicted molar refractivity (Wildman–Crippen MR) is 118 cm³/mol. The zero-order valence-electron chi connectivity index (χ0n) is 17.6. The largest absolute Gasteiger partial charge is 0.454 e. The minimum Gasteiger partial charge on any atom is -0.454 e. The van der Waals surface area contributed by atoms with Gasteiger partial charge in [-0.15, -0.1) is 10.2 Å². The van der Waals surface area contributed by atoms with Gasteiger partial charge in [-0.3, -0.25) is 4.79 Å². The van der Waals surface area contributed by atoms with E-state index in [4.69, 9.17) is 14.6 Å². The van der Waals surface area contributed by atoms with Gasteiger partial charge in [0.2, 0.25) is 12.6 Å². The number of nitrogens with zero attached hydrogens (tertiary/aromatic N) is 4. The third kappa shape index (κ3) is 4.68. The van der Waals surface area contributed by atoms with Crippen LogP contribution in [0.3, 0.4) is 0 Å². The maximum Gasteiger partial charge on any atom is 0.251 e. The number of hydrogen-bond donors (Lipinski definition) is 2. The molecule has 0 saturated heterocycles. The Morgan fingerprint density at radius 3 is 2.61 bits per heavy atom. The van der Waals surface area contributed by atoms with Crippen LogP contribution in [0.5, 0.6) is 11.5 Å². The van der Waals surface area contributed by atoms with E-state index in [-0.39, 0.29) is 19.3 Å². The first-order valence-electron chi connectivity index (χ1n) is 10.4. The molecule has 0 atom stereocenters. The van der Waals surface area contributed by atoms with Gasteiger partial charge in [-0.05, 0) is 46.2 Å². The summed E-state index contributed by atoms with van der Waals surface area (Å²) in [5.74, 6) is 1.63. The first-order chi connectivity index (χ1) is 16.2. The predicted octanol–water partition coefficient (Wildman–Crippen LogP) is 2.54. The molecule has 33 heavy (non-hydrogen) atoms. The van der Waals surface area contributed by atoms with Crippen molar-refractivity contribution in [2.75, 3.05) is 6.79 Å². The maximum absolute atomic E-state index is 12.7. The molecular formula is C24H21N5O4. The molecule has 1 amide bonds. The molecule has 1 aliphatic rings. The van der Waals surface area contributed by atoms with Crippen LogP contribution in [-0.2, 0) is 19.7 Å². The Balaban J connectivity index is 1.24. The molecule has 4 aromatic rings. The molecule has 0 unspecified atom stereocenters. The minimum atomic E-state index is -0.203. The van der Waals surface area contributed by atoms with Crippen LogP contribution in [0.4, 0.5) is 0 Å². The van der Waals surface area contributed by atoms with Crippen molar-refractivity contribution in [1.82, 2.24) is 25.5 Å². The van der Waals surface area contributed by atoms with E-state index in [0.717, 1.165) is 16.7 Å². The van der Waals surface area contributed by atoms with Crippen molar-refractivity contribution in [3.63, 3.8) is 0 Å². The molecule has 9 nitrogen and oxygen atoms in total. The van der Waals surface area contributed by atoms with Crippen molar-refractivity contribution in [3.8, 4) is 22.9 Å². The molecule has 0 bridgehead atoms. The number of tetrazole rings is 1. The van der Waals surface area contributed by atoms with Crippen LogP contribution in [0.25, 0.3) is 11.4 Å². The van der Waals surface area contributed by atoms with Gasteiger partial charge in [0, 0.05) is 17.7 Å². The second-order valence-corrected chi connectivity index (χ2v) is 7.57. The van der Waals surface area contributed by atoms with Gasteiger partial charge < -0.3 is 19.9 Å². The monoisotopic (exact) mass is 443 g/mol. The molecule has 5 rings (SSSR count). The summed E-state index contributed by atoms with van der Waals surface area (Å²) in [5, 5.41) is 24.7. The number of carbonyl (C=O) groups excluding carboxylic acids is 1. The second-order valence-electron chi connectivity index (χ2n) is 7.57. The highest BCUT2D eigenvalue weighted by Gasteiger charge is 2.14. The van der Waals surface area contributed by atoms with Gasteiger partial charge in [0.05, 0.1) is 13.2 Å². The van der Waals surface area contributed by atoms with Crippen molar-refractivity contribution in [3.05, 3.63) is 89.0 Å². The second kappa shape index (κ2) is 9.09. The number of nitrogens with one attached hydrogen (secondary N) is 1. The number of aliphatic hydroxyl groups is 1. The van der Waals surface area contributed by atoms with Crippen LogP contribution in [0.15, 0.2) is 66.7 Å². The maximum atomic E-state index is 12.7. The quantitative estimate of drug-likeness (QED) is 0.451. The van der Waals surface area contributed by atoms with Crippen molar-refractivity contribution in [2.45, 2.75) is 19.7 Å². The molecule has 1 aliphatic heterocycles. The molecule has 1 aromatic heterocycles. The lowest BCUT2D eigenvalue weighted by Crippen LogP contribution is -2.22. The van der Waals surface area contributed by atoms with E-state index < -0.39 is 0 Å². The van der Waals surface area contributed by atoms with Gasteiger partial charge in [0.1, 0.15) is 0 Å². The van der Waals surface area contributed by atoms with Crippen molar-refractivity contribution in [1.29, 1.82) is 0 Å². The smallest absolute Gasteiger partial charge is 0.251 e. The summed E-state index contributed by atoms with van der Waals surface area (Å²) in [7, 11) is 0. The highest BCUT2D eigenvalue weighted by molar-refractivity contribution is 5.95. The number of aromatic nitrogens is 4. The fourth-order valence-electron chi connectivity index (χ4n) is 3.47. The summed E-state index contributed by atoms with van der Waals surface area (Å²) in [6.07, 6.45) is 0. The molecular weight excluding hydrogens is 422 g/mol. The van der Waals surface area contributed by atoms with Crippen molar-refractivity contribution < 1.29 is 19.4 Å². The van der Waals surface area contributed by atoms with E-state index in [0.29, 0.717) is 41.5 Å². The summed E-state index contributed by atoms with van der Waals surface area (Å²) >= 11 is 0. The molecule has 0 spiro atoms. The van der Waals surface area contributed by atoms with Crippen molar-refractivity contribution >= 4 is 5.91 Å². The molecule has 166 valence electrons. The highest BCUT2D eigenvalue weighted by atomic mass is 16.7. The Bertz CT molecular complexity index is 1290. The van der Waals surface area contributed by atoms with E-state index in [1.807, 2.05) is 48.5 Å². The SMILES string of the molecule is O=C(NCc1ccc2c(c1)OCO2)c1cccc(-c2nnn(Cc3ccc(CO)cc3)n2)c1. The van der Waals surface area contributed by atoms with Crippen LogP contribution in [0, 0.1) is 0 Å². The summed E-state index contributed by atoms with van der Waals surface area (Å²) in [6, 6.07) is 20.3. The van der Waals surface area contributed by atoms with Crippen LogP contribution in [-0.4, -0.2) is 38.0 Å². The Labute approximate surface area is 189 Å². The zero-order valence-corrected chi connectivity index (χ0v) is 17.6. The minimum absolute atomic E-state index is 0.00656. The molecule has 0 fully saturated rings. The van der Waals surface area contributed by atoms with Crippen molar-refractivity contribution in [2.24, 2.45) is 0 Å². The standard InChI is InChI=1S/C24H21N5O4/c30-14-17-6-4-16(5-7-17)13-29-27-23(26-28-29)19-2-1-3-20(11-19)24(31)25-12-18-8-9-21-22(10-18)33-15-32-21/h1-11,30H,12-15H2,(H,25,31). The van der Waals surface area contributed by atoms with Crippen LogP contribution in [0.2, 0.25) is 0 Å². The number of carbonyl (C=O) groups is 1. The number of rotatable bonds is 7. The molecule has 9 heteroatoms. The Morgan fingerprint density at radius 2 is 1.76 bits per heavy atom. The normalized spacial score (nSPS) is 12.0. The van der Waals surface area contributed by atoms with Gasteiger partial charge in [0.15, 0.2) is 11.5 Å². The molecule has 0 radical (unpaired) electrons. The van der Waals surface area contributed by atoms with E-state index in [2.05, 4.69) is 20.7 Å². The number of aliphatic hydroxyl groups excluding tert-OH is 1. The zero-order chi connectivity index (χ0) is 22.6. The van der Waals surface area contributed by atoms with Gasteiger partial charge in [-0.25, -0.2) is 0 Å². The number of hydrogen-bond acceptors (Lipinski definition) is 7. The Hall–Kier alpha value is -4.24. The number of benzene rings is 3. The van der Waals surface area contributed by atoms with Gasteiger partial charge >= 0.3 is 0 Å². The molecule has 2 heterocycles. The van der Waals surface area contributed by atoms with E-state index >= 15 is 0 Å². The summed E-state index contributed by atoms with van der Waals surface area (Å²) in [4.78, 5) is 14.2. The Kier molecular flexibility index (Phi) is 5.69. The molecule has 0 aliphatic carbocycles. The van der Waals surface area contributed by atoms with Crippen LogP contribution < -0.4 is 14.8 Å². The summed E-state index contributed by atoms with van der Waals surface area (Å²) in [6.45, 7) is 1.04. The summed E-state index contributed by atoms with van der Waals surface area (Å²) in [5.41, 5.74) is 3.96. The van der Waals surface area contributed by atoms with Crippen LogP contribution in [0.1, 0.15) is 27.0 Å². The van der Waals surface area contributed by atoms with Gasteiger partial charge in [-0.1, -0.05) is 42.5 Å². The first kappa shape index (κ1) is 20.7. The number of amides is 1. The molecule has 0 saturated carbocycles. The topological polar surface area (TPSA) is 111 Å². The van der Waals surface area contributed by atoms with Gasteiger partial charge in [-0.2, -0.15) is 4.80 Å². The fourth-order valence-corrected chi connectivity index (χ4v) is 3.47. The lowest BCUT2D eigenvalue weighted by atomic mass is 10.1. The summed E-state index contributed by atoms with van der Waals surface area (Å²) < 4.78 is 10.7.